The number of rotatable bonds is 2. The molecule has 0 fully saturated rings. The van der Waals surface area contributed by atoms with Crippen LogP contribution in [-0.4, -0.2) is 20.2 Å². The average Bonchev–Trinajstić information content (AvgIpc) is 3.18. The highest BCUT2D eigenvalue weighted by molar-refractivity contribution is 7.12. The van der Waals surface area contributed by atoms with Gasteiger partial charge in [0.15, 0.2) is 0 Å². The van der Waals surface area contributed by atoms with Gasteiger partial charge in [0.05, 0.1) is 11.1 Å². The van der Waals surface area contributed by atoms with Crippen molar-refractivity contribution >= 4 is 44.2 Å². The van der Waals surface area contributed by atoms with Crippen molar-refractivity contribution in [1.82, 2.24) is 14.3 Å². The summed E-state index contributed by atoms with van der Waals surface area (Å²) in [7, 11) is 0. The molecule has 0 aliphatic heterocycles. The van der Waals surface area contributed by atoms with Crippen molar-refractivity contribution in [2.24, 2.45) is 0 Å². The Morgan fingerprint density at radius 3 is 2.74 bits per heavy atom. The van der Waals surface area contributed by atoms with E-state index < -0.39 is 5.91 Å². The molecule has 0 bridgehead atoms. The highest BCUT2D eigenvalue weighted by atomic mass is 32.1. The molecule has 7 heteroatoms. The molecule has 4 aromatic rings. The molecule has 0 saturated heterocycles. The molecular weight excluding hydrogens is 360 g/mol. The Kier molecular flexibility index (Phi) is 3.92. The summed E-state index contributed by atoms with van der Waals surface area (Å²) in [6.07, 6.45) is 3.45. The zero-order chi connectivity index (χ0) is 19.3. The van der Waals surface area contributed by atoms with E-state index in [0.717, 1.165) is 10.9 Å². The van der Waals surface area contributed by atoms with E-state index >= 15 is 0 Å². The first kappa shape index (κ1) is 17.5. The third-order valence-electron chi connectivity index (χ3n) is 4.67. The summed E-state index contributed by atoms with van der Waals surface area (Å²) >= 11 is 1.22. The minimum Gasteiger partial charge on any atom is -0.361 e. The largest absolute Gasteiger partial charge is 0.361 e. The SMILES string of the molecule is Cc1nsc2[nH]cc(C(=O)Nc3ccc4c(C(C)(C)C)c[nH]c4c3)c(=O)c12.[HH].[HH].[HH]. The smallest absolute Gasteiger partial charge is 0.261 e. The first-order valence-electron chi connectivity index (χ1n) is 8.66. The van der Waals surface area contributed by atoms with Crippen molar-refractivity contribution < 1.29 is 9.07 Å². The van der Waals surface area contributed by atoms with Gasteiger partial charge in [0.1, 0.15) is 10.4 Å². The number of nitrogens with zero attached hydrogens (tertiary/aromatic N) is 1. The van der Waals surface area contributed by atoms with Gasteiger partial charge in [-0.25, -0.2) is 0 Å². The van der Waals surface area contributed by atoms with Crippen molar-refractivity contribution in [1.29, 1.82) is 0 Å². The molecule has 3 aromatic heterocycles. The summed E-state index contributed by atoms with van der Waals surface area (Å²) in [4.78, 5) is 32.2. The molecule has 0 atom stereocenters. The Morgan fingerprint density at radius 1 is 1.22 bits per heavy atom. The summed E-state index contributed by atoms with van der Waals surface area (Å²) in [6, 6.07) is 5.72. The first-order valence-corrected chi connectivity index (χ1v) is 9.43. The zero-order valence-electron chi connectivity index (χ0n) is 15.6. The molecule has 144 valence electrons. The lowest BCUT2D eigenvalue weighted by Crippen LogP contribution is -2.21. The number of aryl methyl sites for hydroxylation is 1. The number of amides is 1. The molecule has 3 N–H and O–H groups in total. The fourth-order valence-electron chi connectivity index (χ4n) is 3.27. The van der Waals surface area contributed by atoms with Crippen LogP contribution in [0.1, 0.15) is 46.7 Å². The molecule has 27 heavy (non-hydrogen) atoms. The Morgan fingerprint density at radius 2 is 2.00 bits per heavy atom. The molecule has 6 nitrogen and oxygen atoms in total. The maximum Gasteiger partial charge on any atom is 0.261 e. The van der Waals surface area contributed by atoms with Crippen LogP contribution in [0.15, 0.2) is 35.4 Å². The van der Waals surface area contributed by atoms with E-state index in [-0.39, 0.29) is 20.7 Å². The summed E-state index contributed by atoms with van der Waals surface area (Å²) in [5.74, 6) is -0.439. The molecular formula is C20H26N4O2S. The van der Waals surface area contributed by atoms with Crippen LogP contribution in [-0.2, 0) is 5.41 Å². The topological polar surface area (TPSA) is 90.6 Å². The molecule has 0 aliphatic carbocycles. The van der Waals surface area contributed by atoms with Gasteiger partial charge in [-0.1, -0.05) is 26.8 Å². The lowest BCUT2D eigenvalue weighted by molar-refractivity contribution is 0.102. The maximum atomic E-state index is 12.7. The first-order chi connectivity index (χ1) is 12.8. The fraction of sp³-hybridized carbons (Fsp3) is 0.250. The van der Waals surface area contributed by atoms with Crippen LogP contribution < -0.4 is 10.7 Å². The molecule has 0 saturated carbocycles. The van der Waals surface area contributed by atoms with Gasteiger partial charge in [-0.2, -0.15) is 4.37 Å². The second-order valence-corrected chi connectivity index (χ2v) is 8.44. The summed E-state index contributed by atoms with van der Waals surface area (Å²) in [5.41, 5.74) is 3.23. The van der Waals surface area contributed by atoms with E-state index in [0.29, 0.717) is 21.6 Å². The summed E-state index contributed by atoms with van der Waals surface area (Å²) in [5, 5.41) is 4.42. The van der Waals surface area contributed by atoms with Crippen molar-refractivity contribution in [3.63, 3.8) is 0 Å². The lowest BCUT2D eigenvalue weighted by atomic mass is 9.87. The minimum atomic E-state index is -0.439. The number of carbonyl (C=O) groups excluding carboxylic acids is 1. The molecule has 0 aliphatic rings. The highest BCUT2D eigenvalue weighted by Gasteiger charge is 2.19. The Bertz CT molecular complexity index is 1250. The zero-order valence-corrected chi connectivity index (χ0v) is 16.4. The number of benzene rings is 1. The third-order valence-corrected chi connectivity index (χ3v) is 5.54. The van der Waals surface area contributed by atoms with Gasteiger partial charge in [-0.15, -0.1) is 0 Å². The normalized spacial score (nSPS) is 12.0. The summed E-state index contributed by atoms with van der Waals surface area (Å²) < 4.78 is 4.17. The number of H-pyrrole nitrogens is 2. The van der Waals surface area contributed by atoms with Crippen LogP contribution in [0.3, 0.4) is 0 Å². The third kappa shape index (κ3) is 2.94. The predicted octanol–water partition coefficient (Wildman–Crippen LogP) is 5.06. The predicted molar refractivity (Wildman–Crippen MR) is 116 cm³/mol. The van der Waals surface area contributed by atoms with Gasteiger partial charge < -0.3 is 15.3 Å². The molecule has 1 amide bonds. The molecule has 0 unspecified atom stereocenters. The number of hydrogen-bond donors (Lipinski definition) is 3. The number of fused-ring (bicyclic) bond motifs is 2. The van der Waals surface area contributed by atoms with Crippen LogP contribution in [0.2, 0.25) is 0 Å². The minimum absolute atomic E-state index is 0. The van der Waals surface area contributed by atoms with E-state index in [1.54, 1.807) is 6.92 Å². The van der Waals surface area contributed by atoms with E-state index in [4.69, 9.17) is 0 Å². The molecule has 4 rings (SSSR count). The fourth-order valence-corrected chi connectivity index (χ4v) is 4.03. The van der Waals surface area contributed by atoms with Crippen molar-refractivity contribution in [2.45, 2.75) is 33.1 Å². The van der Waals surface area contributed by atoms with Gasteiger partial charge in [0.25, 0.3) is 5.91 Å². The van der Waals surface area contributed by atoms with Gasteiger partial charge in [-0.05, 0) is 41.6 Å². The highest BCUT2D eigenvalue weighted by Crippen LogP contribution is 2.31. The molecule has 0 radical (unpaired) electrons. The van der Waals surface area contributed by atoms with E-state index in [1.165, 1.54) is 23.3 Å². The number of nitrogens with one attached hydrogen (secondary N) is 3. The second-order valence-electron chi connectivity index (χ2n) is 7.67. The van der Waals surface area contributed by atoms with Crippen LogP contribution in [0, 0.1) is 6.92 Å². The number of aromatic amines is 2. The van der Waals surface area contributed by atoms with Crippen molar-refractivity contribution in [3.05, 3.63) is 57.6 Å². The standard InChI is InChI=1S/C20H20N4O2S.3H2/c1-10-16-17(25)13(8-22-19(16)27-24-10)18(26)23-11-5-6-12-14(20(2,3)4)9-21-15(12)7-11;;;/h5-9,21H,1-4H3,(H,22,25)(H,23,26);3*1H. The second kappa shape index (κ2) is 6.06. The van der Waals surface area contributed by atoms with Gasteiger partial charge in [0, 0.05) is 33.3 Å². The molecule has 1 aromatic carbocycles. The van der Waals surface area contributed by atoms with Crippen LogP contribution >= 0.6 is 11.5 Å². The Labute approximate surface area is 164 Å². The van der Waals surface area contributed by atoms with E-state index in [2.05, 4.69) is 40.4 Å². The number of aromatic nitrogens is 3. The number of anilines is 1. The quantitative estimate of drug-likeness (QED) is 0.449. The summed E-state index contributed by atoms with van der Waals surface area (Å²) in [6.45, 7) is 8.25. The van der Waals surface area contributed by atoms with Gasteiger partial charge in [-0.3, -0.25) is 9.59 Å². The Balaban J connectivity index is 0.00000150. The molecule has 3 heterocycles. The molecule has 0 spiro atoms. The maximum absolute atomic E-state index is 12.7. The van der Waals surface area contributed by atoms with Crippen molar-refractivity contribution in [2.75, 3.05) is 5.32 Å². The monoisotopic (exact) mass is 386 g/mol. The lowest BCUT2D eigenvalue weighted by Gasteiger charge is -2.17. The number of carbonyl (C=O) groups is 1. The van der Waals surface area contributed by atoms with Gasteiger partial charge in [0.2, 0.25) is 5.43 Å². The van der Waals surface area contributed by atoms with E-state index in [1.807, 2.05) is 24.4 Å². The van der Waals surface area contributed by atoms with E-state index in [9.17, 15) is 9.59 Å². The Hall–Kier alpha value is -2.93. The van der Waals surface area contributed by atoms with Crippen LogP contribution in [0.25, 0.3) is 21.1 Å². The number of pyridine rings is 1. The van der Waals surface area contributed by atoms with Gasteiger partial charge >= 0.3 is 0 Å². The van der Waals surface area contributed by atoms with Crippen LogP contribution in [0.5, 0.6) is 0 Å². The number of hydrogen-bond acceptors (Lipinski definition) is 4. The van der Waals surface area contributed by atoms with Crippen molar-refractivity contribution in [3.8, 4) is 0 Å². The van der Waals surface area contributed by atoms with Crippen LogP contribution in [0.4, 0.5) is 5.69 Å². The average molecular weight is 387 g/mol.